The molecule has 1 aliphatic rings. The summed E-state index contributed by atoms with van der Waals surface area (Å²) in [5, 5.41) is 22.4. The molecule has 0 amide bonds. The molecule has 1 atom stereocenters. The first-order chi connectivity index (χ1) is 7.61. The van der Waals surface area contributed by atoms with Gasteiger partial charge in [-0.15, -0.1) is 0 Å². The Morgan fingerprint density at radius 3 is 2.69 bits per heavy atom. The fraction of sp³-hybridized carbons (Fsp3) is 0.455. The number of phenols is 2. The summed E-state index contributed by atoms with van der Waals surface area (Å²) in [7, 11) is 0. The maximum absolute atomic E-state index is 13.1. The monoisotopic (exact) mass is 289 g/mol. The summed E-state index contributed by atoms with van der Waals surface area (Å²) in [6.45, 7) is 0.870. The number of hydrogen-bond donors (Lipinski definition) is 3. The predicted octanol–water partition coefficient (Wildman–Crippen LogP) is 2.81. The van der Waals surface area contributed by atoms with Crippen molar-refractivity contribution in [2.45, 2.75) is 25.3 Å². The van der Waals surface area contributed by atoms with Crippen LogP contribution in [0.4, 0.5) is 4.39 Å². The summed E-state index contributed by atoms with van der Waals surface area (Å²) >= 11 is 3.22. The molecular formula is C11H13BrFNO2. The summed E-state index contributed by atoms with van der Waals surface area (Å²) in [5.41, 5.74) is 0.540. The average Bonchev–Trinajstić information content (AvgIpc) is 2.28. The van der Waals surface area contributed by atoms with Gasteiger partial charge in [0.15, 0.2) is 17.3 Å². The number of hydrogen-bond acceptors (Lipinski definition) is 3. The number of piperidine rings is 1. The van der Waals surface area contributed by atoms with E-state index < -0.39 is 11.6 Å². The zero-order chi connectivity index (χ0) is 11.7. The van der Waals surface area contributed by atoms with Crippen molar-refractivity contribution in [3.63, 3.8) is 0 Å². The molecule has 3 nitrogen and oxygen atoms in total. The van der Waals surface area contributed by atoms with Gasteiger partial charge in [0.25, 0.3) is 0 Å². The summed E-state index contributed by atoms with van der Waals surface area (Å²) in [5.74, 6) is -1.86. The third-order valence-electron chi connectivity index (χ3n) is 2.88. The maximum Gasteiger partial charge on any atom is 0.194 e. The van der Waals surface area contributed by atoms with Crippen molar-refractivity contribution in [3.8, 4) is 11.5 Å². The number of aromatic hydroxyl groups is 2. The van der Waals surface area contributed by atoms with Crippen molar-refractivity contribution in [1.29, 1.82) is 0 Å². The van der Waals surface area contributed by atoms with E-state index in [1.165, 1.54) is 6.07 Å². The summed E-state index contributed by atoms with van der Waals surface area (Å²) in [6, 6.07) is 1.15. The molecule has 1 fully saturated rings. The molecule has 16 heavy (non-hydrogen) atoms. The highest BCUT2D eigenvalue weighted by molar-refractivity contribution is 9.10. The lowest BCUT2D eigenvalue weighted by Gasteiger charge is -2.25. The maximum atomic E-state index is 13.1. The molecule has 0 aromatic heterocycles. The van der Waals surface area contributed by atoms with Crippen LogP contribution in [0.2, 0.25) is 0 Å². The first-order valence-electron chi connectivity index (χ1n) is 5.24. The zero-order valence-corrected chi connectivity index (χ0v) is 10.2. The zero-order valence-electron chi connectivity index (χ0n) is 8.63. The van der Waals surface area contributed by atoms with Crippen molar-refractivity contribution in [1.82, 2.24) is 5.32 Å². The number of benzene rings is 1. The molecular weight excluding hydrogens is 277 g/mol. The van der Waals surface area contributed by atoms with Gasteiger partial charge in [0.05, 0.1) is 0 Å². The van der Waals surface area contributed by atoms with Gasteiger partial charge < -0.3 is 15.5 Å². The van der Waals surface area contributed by atoms with Crippen LogP contribution in [0.3, 0.4) is 0 Å². The summed E-state index contributed by atoms with van der Waals surface area (Å²) in [4.78, 5) is 0. The minimum Gasteiger partial charge on any atom is -0.504 e. The van der Waals surface area contributed by atoms with E-state index >= 15 is 0 Å². The van der Waals surface area contributed by atoms with Crippen LogP contribution < -0.4 is 5.32 Å². The van der Waals surface area contributed by atoms with Gasteiger partial charge in [0.1, 0.15) is 0 Å². The van der Waals surface area contributed by atoms with Crippen LogP contribution in [0.25, 0.3) is 0 Å². The lowest BCUT2D eigenvalue weighted by atomic mass is 9.96. The molecule has 1 saturated heterocycles. The van der Waals surface area contributed by atoms with E-state index in [9.17, 15) is 14.6 Å². The van der Waals surface area contributed by atoms with Gasteiger partial charge in [-0.3, -0.25) is 0 Å². The molecule has 1 aliphatic heterocycles. The van der Waals surface area contributed by atoms with E-state index in [0.29, 0.717) is 10.0 Å². The summed E-state index contributed by atoms with van der Waals surface area (Å²) in [6.07, 6.45) is 3.03. The van der Waals surface area contributed by atoms with E-state index in [4.69, 9.17) is 0 Å². The van der Waals surface area contributed by atoms with E-state index in [1.54, 1.807) is 0 Å². The Hall–Kier alpha value is -0.810. The minimum atomic E-state index is -0.816. The first-order valence-corrected chi connectivity index (χ1v) is 6.03. The fourth-order valence-electron chi connectivity index (χ4n) is 2.04. The van der Waals surface area contributed by atoms with Crippen LogP contribution in [-0.2, 0) is 0 Å². The van der Waals surface area contributed by atoms with E-state index in [1.807, 2.05) is 0 Å². The Labute approximate surface area is 101 Å². The normalized spacial score (nSPS) is 21.0. The second-order valence-corrected chi connectivity index (χ2v) is 4.81. The number of phenolic OH excluding ortho intramolecular Hbond substituents is 2. The van der Waals surface area contributed by atoms with Crippen LogP contribution in [0, 0.1) is 5.82 Å². The molecule has 2 rings (SSSR count). The molecule has 0 aliphatic carbocycles. The number of nitrogens with one attached hydrogen (secondary N) is 1. The van der Waals surface area contributed by atoms with Crippen LogP contribution in [-0.4, -0.2) is 16.8 Å². The largest absolute Gasteiger partial charge is 0.504 e. The average molecular weight is 290 g/mol. The molecule has 1 aromatic rings. The fourth-order valence-corrected chi connectivity index (χ4v) is 2.71. The van der Waals surface area contributed by atoms with Crippen molar-refractivity contribution in [2.24, 2.45) is 0 Å². The lowest BCUT2D eigenvalue weighted by molar-refractivity contribution is 0.354. The van der Waals surface area contributed by atoms with Crippen molar-refractivity contribution in [3.05, 3.63) is 21.9 Å². The Morgan fingerprint density at radius 1 is 1.31 bits per heavy atom. The topological polar surface area (TPSA) is 52.5 Å². The van der Waals surface area contributed by atoms with E-state index in [2.05, 4.69) is 21.2 Å². The van der Waals surface area contributed by atoms with Gasteiger partial charge in [-0.25, -0.2) is 4.39 Å². The van der Waals surface area contributed by atoms with Crippen LogP contribution >= 0.6 is 15.9 Å². The third kappa shape index (κ3) is 2.01. The molecule has 3 N–H and O–H groups in total. The lowest BCUT2D eigenvalue weighted by Crippen LogP contribution is -2.27. The van der Waals surface area contributed by atoms with E-state index in [0.717, 1.165) is 25.8 Å². The smallest absolute Gasteiger partial charge is 0.194 e. The van der Waals surface area contributed by atoms with Crippen molar-refractivity contribution in [2.75, 3.05) is 6.54 Å². The van der Waals surface area contributed by atoms with Crippen LogP contribution in [0.5, 0.6) is 11.5 Å². The second-order valence-electron chi connectivity index (χ2n) is 3.95. The molecule has 1 aromatic carbocycles. The van der Waals surface area contributed by atoms with Gasteiger partial charge in [0, 0.05) is 16.1 Å². The third-order valence-corrected chi connectivity index (χ3v) is 3.53. The van der Waals surface area contributed by atoms with Gasteiger partial charge in [-0.05, 0) is 25.5 Å². The molecule has 5 heteroatoms. The summed E-state index contributed by atoms with van der Waals surface area (Å²) < 4.78 is 13.6. The standard InChI is InChI=1S/C11H13BrFNO2/c12-6-5-7(13)10(15)11(16)9(6)8-3-1-2-4-14-8/h5,8,14-16H,1-4H2. The molecule has 0 saturated carbocycles. The Balaban J connectivity index is 2.42. The highest BCUT2D eigenvalue weighted by Gasteiger charge is 2.24. The Bertz CT molecular complexity index is 405. The van der Waals surface area contributed by atoms with Gasteiger partial charge in [-0.2, -0.15) is 0 Å². The molecule has 1 unspecified atom stereocenters. The van der Waals surface area contributed by atoms with Gasteiger partial charge in [-0.1, -0.05) is 22.4 Å². The highest BCUT2D eigenvalue weighted by Crippen LogP contribution is 2.42. The highest BCUT2D eigenvalue weighted by atomic mass is 79.9. The molecule has 88 valence electrons. The first kappa shape index (κ1) is 11.7. The van der Waals surface area contributed by atoms with Crippen LogP contribution in [0.1, 0.15) is 30.9 Å². The predicted molar refractivity (Wildman–Crippen MR) is 62.0 cm³/mol. The van der Waals surface area contributed by atoms with Crippen LogP contribution in [0.15, 0.2) is 10.5 Å². The molecule has 1 heterocycles. The second kappa shape index (κ2) is 4.59. The SMILES string of the molecule is Oc1c(F)cc(Br)c(C2CCCCN2)c1O. The van der Waals surface area contributed by atoms with Crippen molar-refractivity contribution >= 4 is 15.9 Å². The minimum absolute atomic E-state index is 0.0328. The molecule has 0 spiro atoms. The van der Waals surface area contributed by atoms with E-state index in [-0.39, 0.29) is 11.8 Å². The Morgan fingerprint density at radius 2 is 2.06 bits per heavy atom. The van der Waals surface area contributed by atoms with Gasteiger partial charge in [0.2, 0.25) is 0 Å². The van der Waals surface area contributed by atoms with Gasteiger partial charge >= 0.3 is 0 Å². The number of rotatable bonds is 1. The number of halogens is 2. The Kier molecular flexibility index (Phi) is 3.35. The quantitative estimate of drug-likeness (QED) is 0.697. The van der Waals surface area contributed by atoms with Crippen molar-refractivity contribution < 1.29 is 14.6 Å². The molecule has 0 radical (unpaired) electrons. The molecule has 0 bridgehead atoms.